The predicted molar refractivity (Wildman–Crippen MR) is 86.2 cm³/mol. The highest BCUT2D eigenvalue weighted by Crippen LogP contribution is 2.28. The molecule has 1 aromatic carbocycles. The summed E-state index contributed by atoms with van der Waals surface area (Å²) in [6, 6.07) is 6.73. The molecular weight excluding hydrogens is 279 g/mol. The molecule has 0 bridgehead atoms. The minimum absolute atomic E-state index is 0.211. The van der Waals surface area contributed by atoms with Gasteiger partial charge in [-0.25, -0.2) is 4.39 Å². The van der Waals surface area contributed by atoms with E-state index in [1.54, 1.807) is 12.1 Å². The molecule has 1 aromatic heterocycles. The molecule has 1 aliphatic heterocycles. The van der Waals surface area contributed by atoms with Crippen molar-refractivity contribution in [2.45, 2.75) is 25.9 Å². The van der Waals surface area contributed by atoms with Crippen molar-refractivity contribution in [2.24, 2.45) is 0 Å². The minimum atomic E-state index is -0.211. The quantitative estimate of drug-likeness (QED) is 0.920. The van der Waals surface area contributed by atoms with Gasteiger partial charge in [-0.15, -0.1) is 0 Å². The van der Waals surface area contributed by atoms with Crippen LogP contribution in [-0.2, 0) is 19.5 Å². The number of aromatic nitrogens is 2. The number of nitrogens with one attached hydrogen (secondary N) is 1. The molecular formula is C17H23FN4. The molecule has 1 aliphatic rings. The molecule has 22 heavy (non-hydrogen) atoms. The lowest BCUT2D eigenvalue weighted by molar-refractivity contribution is 0.377. The van der Waals surface area contributed by atoms with Crippen molar-refractivity contribution in [1.29, 1.82) is 0 Å². The zero-order valence-corrected chi connectivity index (χ0v) is 13.3. The van der Waals surface area contributed by atoms with E-state index in [0.717, 1.165) is 50.3 Å². The molecule has 0 amide bonds. The smallest absolute Gasteiger partial charge is 0.123 e. The lowest BCUT2D eigenvalue weighted by Gasteiger charge is -2.16. The average molecular weight is 302 g/mol. The first-order valence-electron chi connectivity index (χ1n) is 7.85. The molecule has 0 aliphatic carbocycles. The number of rotatable bonds is 5. The number of fused-ring (bicyclic) bond motifs is 1. The summed E-state index contributed by atoms with van der Waals surface area (Å²) in [7, 11) is 4.17. The van der Waals surface area contributed by atoms with Crippen LogP contribution in [0, 0.1) is 5.82 Å². The van der Waals surface area contributed by atoms with Crippen LogP contribution in [0.5, 0.6) is 0 Å². The molecule has 0 saturated heterocycles. The molecule has 5 heteroatoms. The first kappa shape index (κ1) is 15.2. The molecule has 0 unspecified atom stereocenters. The molecule has 0 radical (unpaired) electrons. The number of aryl methyl sites for hydroxylation is 1. The van der Waals surface area contributed by atoms with Gasteiger partial charge in [0.1, 0.15) is 5.82 Å². The lowest BCUT2D eigenvalue weighted by atomic mass is 10.0. The maximum absolute atomic E-state index is 13.5. The zero-order valence-electron chi connectivity index (χ0n) is 13.3. The predicted octanol–water partition coefficient (Wildman–Crippen LogP) is 2.29. The fourth-order valence-corrected chi connectivity index (χ4v) is 3.01. The van der Waals surface area contributed by atoms with Gasteiger partial charge in [-0.3, -0.25) is 4.68 Å². The molecule has 0 fully saturated rings. The molecule has 0 spiro atoms. The van der Waals surface area contributed by atoms with E-state index in [-0.39, 0.29) is 5.82 Å². The Balaban J connectivity index is 1.92. The van der Waals surface area contributed by atoms with Crippen molar-refractivity contribution in [3.63, 3.8) is 0 Å². The Hall–Kier alpha value is -1.72. The normalized spacial score (nSPS) is 14.4. The van der Waals surface area contributed by atoms with E-state index in [1.165, 1.54) is 17.3 Å². The minimum Gasteiger partial charge on any atom is -0.312 e. The van der Waals surface area contributed by atoms with Crippen molar-refractivity contribution < 1.29 is 4.39 Å². The van der Waals surface area contributed by atoms with Crippen molar-refractivity contribution in [2.75, 3.05) is 27.2 Å². The Bertz CT molecular complexity index is 648. The third-order valence-electron chi connectivity index (χ3n) is 4.08. The van der Waals surface area contributed by atoms with Gasteiger partial charge < -0.3 is 10.2 Å². The maximum Gasteiger partial charge on any atom is 0.123 e. The van der Waals surface area contributed by atoms with Gasteiger partial charge in [-0.1, -0.05) is 12.1 Å². The van der Waals surface area contributed by atoms with E-state index in [2.05, 4.69) is 29.0 Å². The summed E-state index contributed by atoms with van der Waals surface area (Å²) >= 11 is 0. The van der Waals surface area contributed by atoms with Crippen LogP contribution in [0.25, 0.3) is 11.3 Å². The van der Waals surface area contributed by atoms with Crippen LogP contribution in [0.2, 0.25) is 0 Å². The van der Waals surface area contributed by atoms with Crippen molar-refractivity contribution in [3.8, 4) is 11.3 Å². The molecule has 118 valence electrons. The summed E-state index contributed by atoms with van der Waals surface area (Å²) in [6.45, 7) is 3.75. The second-order valence-corrected chi connectivity index (χ2v) is 6.09. The van der Waals surface area contributed by atoms with Crippen LogP contribution in [0.15, 0.2) is 24.3 Å². The van der Waals surface area contributed by atoms with Crippen LogP contribution < -0.4 is 5.32 Å². The Morgan fingerprint density at radius 2 is 2.23 bits per heavy atom. The topological polar surface area (TPSA) is 33.1 Å². The third kappa shape index (κ3) is 3.20. The number of benzene rings is 1. The summed E-state index contributed by atoms with van der Waals surface area (Å²) in [4.78, 5) is 2.19. The molecule has 2 aromatic rings. The van der Waals surface area contributed by atoms with Gasteiger partial charge >= 0.3 is 0 Å². The molecule has 2 heterocycles. The molecule has 1 N–H and O–H groups in total. The van der Waals surface area contributed by atoms with Crippen LogP contribution in [0.3, 0.4) is 0 Å². The Kier molecular flexibility index (Phi) is 4.55. The average Bonchev–Trinajstić information content (AvgIpc) is 2.86. The highest BCUT2D eigenvalue weighted by atomic mass is 19.1. The number of nitrogens with zero attached hydrogens (tertiary/aromatic N) is 3. The van der Waals surface area contributed by atoms with Crippen molar-refractivity contribution >= 4 is 0 Å². The van der Waals surface area contributed by atoms with Crippen LogP contribution in [-0.4, -0.2) is 41.9 Å². The second kappa shape index (κ2) is 6.58. The summed E-state index contributed by atoms with van der Waals surface area (Å²) in [6.07, 6.45) is 2.05. The Morgan fingerprint density at radius 3 is 3.00 bits per heavy atom. The van der Waals surface area contributed by atoms with E-state index < -0.39 is 0 Å². The molecule has 0 atom stereocenters. The fourth-order valence-electron chi connectivity index (χ4n) is 3.01. The second-order valence-electron chi connectivity index (χ2n) is 6.09. The summed E-state index contributed by atoms with van der Waals surface area (Å²) < 4.78 is 15.7. The monoisotopic (exact) mass is 302 g/mol. The zero-order chi connectivity index (χ0) is 15.5. The van der Waals surface area contributed by atoms with Crippen LogP contribution >= 0.6 is 0 Å². The fraction of sp³-hybridized carbons (Fsp3) is 0.471. The van der Waals surface area contributed by atoms with Gasteiger partial charge in [0, 0.05) is 42.9 Å². The highest BCUT2D eigenvalue weighted by molar-refractivity contribution is 5.64. The standard InChI is InChI=1S/C17H23FN4/c1-21(2)9-4-10-22-16-7-8-19-12-15(16)17(20-22)13-5-3-6-14(18)11-13/h3,5-6,11,19H,4,7-10,12H2,1-2H3. The SMILES string of the molecule is CN(C)CCCn1nc(-c2cccc(F)c2)c2c1CCNC2. The van der Waals surface area contributed by atoms with Gasteiger partial charge in [-0.05, 0) is 39.2 Å². The van der Waals surface area contributed by atoms with E-state index in [0.29, 0.717) is 0 Å². The van der Waals surface area contributed by atoms with Gasteiger partial charge in [0.05, 0.1) is 5.69 Å². The molecule has 3 rings (SSSR count). The summed E-state index contributed by atoms with van der Waals surface area (Å²) in [5, 5.41) is 8.19. The number of hydrogen-bond donors (Lipinski definition) is 1. The van der Waals surface area contributed by atoms with Gasteiger partial charge in [0.15, 0.2) is 0 Å². The van der Waals surface area contributed by atoms with Gasteiger partial charge in [0.2, 0.25) is 0 Å². The van der Waals surface area contributed by atoms with E-state index >= 15 is 0 Å². The Labute approximate surface area is 130 Å². The third-order valence-corrected chi connectivity index (χ3v) is 4.08. The van der Waals surface area contributed by atoms with Crippen LogP contribution in [0.4, 0.5) is 4.39 Å². The highest BCUT2D eigenvalue weighted by Gasteiger charge is 2.21. The van der Waals surface area contributed by atoms with Gasteiger partial charge in [0.25, 0.3) is 0 Å². The van der Waals surface area contributed by atoms with E-state index in [4.69, 9.17) is 5.10 Å². The summed E-state index contributed by atoms with van der Waals surface area (Å²) in [5.41, 5.74) is 4.32. The van der Waals surface area contributed by atoms with E-state index in [9.17, 15) is 4.39 Å². The first-order chi connectivity index (χ1) is 10.6. The Morgan fingerprint density at radius 1 is 1.36 bits per heavy atom. The summed E-state index contributed by atoms with van der Waals surface area (Å²) in [5.74, 6) is -0.211. The van der Waals surface area contributed by atoms with Crippen LogP contribution in [0.1, 0.15) is 17.7 Å². The van der Waals surface area contributed by atoms with Crippen molar-refractivity contribution in [3.05, 3.63) is 41.3 Å². The largest absolute Gasteiger partial charge is 0.312 e. The van der Waals surface area contributed by atoms with Crippen molar-refractivity contribution in [1.82, 2.24) is 20.0 Å². The van der Waals surface area contributed by atoms with E-state index in [1.807, 2.05) is 6.07 Å². The maximum atomic E-state index is 13.5. The number of hydrogen-bond acceptors (Lipinski definition) is 3. The lowest BCUT2D eigenvalue weighted by Crippen LogP contribution is -2.25. The molecule has 4 nitrogen and oxygen atoms in total. The van der Waals surface area contributed by atoms with Gasteiger partial charge in [-0.2, -0.15) is 5.10 Å². The number of halogens is 1. The first-order valence-corrected chi connectivity index (χ1v) is 7.85. The molecule has 0 saturated carbocycles.